The van der Waals surface area contributed by atoms with Gasteiger partial charge in [-0.05, 0) is 19.1 Å². The quantitative estimate of drug-likeness (QED) is 0.921. The standard InChI is InChI=1S/C14H20N4O/c1-5-19-11-8-6-7-10(9-11)18-12(14(2,3)4)13(15)16-17-18/h6-9H,5,15H2,1-4H3. The topological polar surface area (TPSA) is 66.0 Å². The van der Waals surface area contributed by atoms with E-state index < -0.39 is 0 Å². The second kappa shape index (κ2) is 4.91. The molecule has 0 saturated carbocycles. The number of aromatic nitrogens is 3. The first kappa shape index (κ1) is 13.4. The maximum atomic E-state index is 5.94. The van der Waals surface area contributed by atoms with Crippen molar-refractivity contribution in [3.8, 4) is 11.4 Å². The molecular weight excluding hydrogens is 240 g/mol. The molecule has 0 fully saturated rings. The minimum Gasteiger partial charge on any atom is -0.494 e. The van der Waals surface area contributed by atoms with Crippen LogP contribution >= 0.6 is 0 Å². The van der Waals surface area contributed by atoms with Gasteiger partial charge in [0.2, 0.25) is 0 Å². The number of nitrogen functional groups attached to an aromatic ring is 1. The van der Waals surface area contributed by atoms with E-state index in [1.807, 2.05) is 31.2 Å². The Morgan fingerprint density at radius 1 is 1.32 bits per heavy atom. The van der Waals surface area contributed by atoms with E-state index in [4.69, 9.17) is 10.5 Å². The van der Waals surface area contributed by atoms with Gasteiger partial charge in [0, 0.05) is 11.5 Å². The monoisotopic (exact) mass is 260 g/mol. The van der Waals surface area contributed by atoms with Crippen molar-refractivity contribution >= 4 is 5.82 Å². The maximum Gasteiger partial charge on any atom is 0.170 e. The van der Waals surface area contributed by atoms with Gasteiger partial charge < -0.3 is 10.5 Å². The van der Waals surface area contributed by atoms with E-state index in [0.29, 0.717) is 12.4 Å². The third-order valence-electron chi connectivity index (χ3n) is 2.78. The van der Waals surface area contributed by atoms with Gasteiger partial charge in [0.05, 0.1) is 18.0 Å². The van der Waals surface area contributed by atoms with Crippen LogP contribution in [0.4, 0.5) is 5.82 Å². The van der Waals surface area contributed by atoms with E-state index in [1.165, 1.54) is 0 Å². The lowest BCUT2D eigenvalue weighted by atomic mass is 9.91. The summed E-state index contributed by atoms with van der Waals surface area (Å²) in [6.07, 6.45) is 0. The summed E-state index contributed by atoms with van der Waals surface area (Å²) >= 11 is 0. The van der Waals surface area contributed by atoms with Gasteiger partial charge in [0.25, 0.3) is 0 Å². The molecule has 2 aromatic rings. The highest BCUT2D eigenvalue weighted by molar-refractivity contribution is 5.46. The van der Waals surface area contributed by atoms with E-state index in [2.05, 4.69) is 31.1 Å². The van der Waals surface area contributed by atoms with E-state index in [-0.39, 0.29) is 5.41 Å². The van der Waals surface area contributed by atoms with Crippen molar-refractivity contribution in [3.05, 3.63) is 30.0 Å². The van der Waals surface area contributed by atoms with Gasteiger partial charge in [0.15, 0.2) is 5.82 Å². The summed E-state index contributed by atoms with van der Waals surface area (Å²) in [6, 6.07) is 7.76. The van der Waals surface area contributed by atoms with Crippen molar-refractivity contribution in [2.45, 2.75) is 33.1 Å². The van der Waals surface area contributed by atoms with Gasteiger partial charge in [-0.25, -0.2) is 4.68 Å². The average molecular weight is 260 g/mol. The van der Waals surface area contributed by atoms with Gasteiger partial charge in [0.1, 0.15) is 5.75 Å². The molecule has 2 N–H and O–H groups in total. The predicted molar refractivity (Wildman–Crippen MR) is 75.6 cm³/mol. The highest BCUT2D eigenvalue weighted by Gasteiger charge is 2.24. The van der Waals surface area contributed by atoms with Crippen LogP contribution in [-0.2, 0) is 5.41 Å². The first-order valence-corrected chi connectivity index (χ1v) is 6.38. The molecule has 0 aliphatic rings. The Bertz CT molecular complexity index is 569. The number of hydrogen-bond donors (Lipinski definition) is 1. The van der Waals surface area contributed by atoms with Gasteiger partial charge >= 0.3 is 0 Å². The molecule has 1 aromatic carbocycles. The van der Waals surface area contributed by atoms with Crippen LogP contribution in [-0.4, -0.2) is 21.6 Å². The molecule has 5 nitrogen and oxygen atoms in total. The molecule has 0 spiro atoms. The number of benzene rings is 1. The Labute approximate surface area is 113 Å². The smallest absolute Gasteiger partial charge is 0.170 e. The number of nitrogens with two attached hydrogens (primary N) is 1. The lowest BCUT2D eigenvalue weighted by Crippen LogP contribution is -2.19. The van der Waals surface area contributed by atoms with Crippen molar-refractivity contribution in [2.75, 3.05) is 12.3 Å². The zero-order valence-corrected chi connectivity index (χ0v) is 11.8. The first-order chi connectivity index (χ1) is 8.93. The highest BCUT2D eigenvalue weighted by Crippen LogP contribution is 2.29. The van der Waals surface area contributed by atoms with Crippen LogP contribution < -0.4 is 10.5 Å². The van der Waals surface area contributed by atoms with Gasteiger partial charge in [-0.2, -0.15) is 0 Å². The highest BCUT2D eigenvalue weighted by atomic mass is 16.5. The maximum absolute atomic E-state index is 5.94. The van der Waals surface area contributed by atoms with E-state index in [0.717, 1.165) is 17.1 Å². The predicted octanol–water partition coefficient (Wildman–Crippen LogP) is 2.55. The molecule has 0 saturated heterocycles. The van der Waals surface area contributed by atoms with Crippen LogP contribution in [0.2, 0.25) is 0 Å². The molecule has 0 radical (unpaired) electrons. The van der Waals surface area contributed by atoms with Crippen LogP contribution in [0, 0.1) is 0 Å². The number of anilines is 1. The van der Waals surface area contributed by atoms with Crippen molar-refractivity contribution in [3.63, 3.8) is 0 Å². The average Bonchev–Trinajstić information content (AvgIpc) is 2.72. The summed E-state index contributed by atoms with van der Waals surface area (Å²) in [5, 5.41) is 8.12. The molecule has 0 unspecified atom stereocenters. The Morgan fingerprint density at radius 2 is 2.05 bits per heavy atom. The Morgan fingerprint density at radius 3 is 2.68 bits per heavy atom. The van der Waals surface area contributed by atoms with E-state index in [1.54, 1.807) is 4.68 Å². The van der Waals surface area contributed by atoms with Crippen LogP contribution in [0.5, 0.6) is 5.75 Å². The fraction of sp³-hybridized carbons (Fsp3) is 0.429. The lowest BCUT2D eigenvalue weighted by Gasteiger charge is -2.20. The third-order valence-corrected chi connectivity index (χ3v) is 2.78. The largest absolute Gasteiger partial charge is 0.494 e. The summed E-state index contributed by atoms with van der Waals surface area (Å²) in [6.45, 7) is 8.86. The molecule has 0 atom stereocenters. The molecule has 1 heterocycles. The van der Waals surface area contributed by atoms with Crippen molar-refractivity contribution in [1.29, 1.82) is 0 Å². The molecule has 0 bridgehead atoms. The normalized spacial score (nSPS) is 11.6. The van der Waals surface area contributed by atoms with Crippen LogP contribution in [0.1, 0.15) is 33.4 Å². The Hall–Kier alpha value is -2.04. The summed E-state index contributed by atoms with van der Waals surface area (Å²) in [7, 11) is 0. The lowest BCUT2D eigenvalue weighted by molar-refractivity contribution is 0.340. The SMILES string of the molecule is CCOc1cccc(-n2nnc(N)c2C(C)(C)C)c1. The molecule has 0 aliphatic heterocycles. The first-order valence-electron chi connectivity index (χ1n) is 6.38. The second-order valence-corrected chi connectivity index (χ2v) is 5.42. The van der Waals surface area contributed by atoms with Gasteiger partial charge in [-0.3, -0.25) is 0 Å². The zero-order valence-electron chi connectivity index (χ0n) is 11.8. The fourth-order valence-electron chi connectivity index (χ4n) is 2.05. The number of rotatable bonds is 3. The Kier molecular flexibility index (Phi) is 3.46. The Balaban J connectivity index is 2.51. The van der Waals surface area contributed by atoms with Gasteiger partial charge in [-0.1, -0.05) is 32.1 Å². The van der Waals surface area contributed by atoms with Crippen molar-refractivity contribution < 1.29 is 4.74 Å². The summed E-state index contributed by atoms with van der Waals surface area (Å²) in [5.74, 6) is 1.28. The summed E-state index contributed by atoms with van der Waals surface area (Å²) in [5.41, 5.74) is 7.61. The van der Waals surface area contributed by atoms with Crippen molar-refractivity contribution in [2.24, 2.45) is 0 Å². The molecule has 5 heteroatoms. The van der Waals surface area contributed by atoms with E-state index in [9.17, 15) is 0 Å². The van der Waals surface area contributed by atoms with Crippen molar-refractivity contribution in [1.82, 2.24) is 15.0 Å². The minimum atomic E-state index is -0.130. The zero-order chi connectivity index (χ0) is 14.0. The number of hydrogen-bond acceptors (Lipinski definition) is 4. The second-order valence-electron chi connectivity index (χ2n) is 5.42. The summed E-state index contributed by atoms with van der Waals surface area (Å²) in [4.78, 5) is 0. The van der Waals surface area contributed by atoms with Gasteiger partial charge in [-0.15, -0.1) is 5.10 Å². The molecular formula is C14H20N4O. The van der Waals surface area contributed by atoms with Crippen LogP contribution in [0.3, 0.4) is 0 Å². The number of ether oxygens (including phenoxy) is 1. The summed E-state index contributed by atoms with van der Waals surface area (Å²) < 4.78 is 7.28. The molecule has 0 aliphatic carbocycles. The molecule has 1 aromatic heterocycles. The fourth-order valence-corrected chi connectivity index (χ4v) is 2.05. The molecule has 19 heavy (non-hydrogen) atoms. The van der Waals surface area contributed by atoms with Crippen LogP contribution in [0.15, 0.2) is 24.3 Å². The number of nitrogens with zero attached hydrogens (tertiary/aromatic N) is 3. The van der Waals surface area contributed by atoms with E-state index >= 15 is 0 Å². The van der Waals surface area contributed by atoms with Crippen LogP contribution in [0.25, 0.3) is 5.69 Å². The molecule has 102 valence electrons. The minimum absolute atomic E-state index is 0.130. The third kappa shape index (κ3) is 2.70. The molecule has 2 rings (SSSR count). The molecule has 0 amide bonds.